The molecule has 1 aromatic heterocycles. The van der Waals surface area contributed by atoms with Gasteiger partial charge in [-0.15, -0.1) is 0 Å². The molecule has 4 rings (SSSR count). The minimum atomic E-state index is -1.14. The number of carboxylic acid groups (broad SMARTS) is 1. The average molecular weight is 453 g/mol. The summed E-state index contributed by atoms with van der Waals surface area (Å²) in [6.07, 6.45) is 1.33. The number of carbonyl (C=O) groups excluding carboxylic acids is 2. The predicted molar refractivity (Wildman–Crippen MR) is 119 cm³/mol. The number of nitrogens with zero attached hydrogens (tertiary/aromatic N) is 1. The number of halogens is 1. The Morgan fingerprint density at radius 3 is 2.52 bits per heavy atom. The number of para-hydroxylation sites is 1. The van der Waals surface area contributed by atoms with E-state index in [9.17, 15) is 14.4 Å². The summed E-state index contributed by atoms with van der Waals surface area (Å²) in [5, 5.41) is 11.7. The van der Waals surface area contributed by atoms with E-state index in [1.165, 1.54) is 23.1 Å². The third kappa shape index (κ3) is 3.98. The number of nitrogens with one attached hydrogen (secondary N) is 1. The van der Waals surface area contributed by atoms with E-state index in [0.29, 0.717) is 17.0 Å². The van der Waals surface area contributed by atoms with Crippen LogP contribution >= 0.6 is 23.8 Å². The summed E-state index contributed by atoms with van der Waals surface area (Å²) >= 11 is 11.2. The maximum Gasteiger partial charge on any atom is 0.337 e. The standard InChI is InChI=1S/C22H13ClN2O5S/c23-17-10-12(6-8-15(17)21(28)29)18-9-7-14(30-18)11-16-19(26)24-22(31)25(20(16)27)13-4-2-1-3-5-13/h1-11H,(H,28,29)(H,24,26,31)/b16-11+. The number of benzene rings is 2. The van der Waals surface area contributed by atoms with E-state index in [0.717, 1.165) is 0 Å². The second kappa shape index (κ2) is 8.17. The van der Waals surface area contributed by atoms with Crippen molar-refractivity contribution in [2.24, 2.45) is 0 Å². The monoisotopic (exact) mass is 452 g/mol. The van der Waals surface area contributed by atoms with Crippen molar-refractivity contribution >= 4 is 58.5 Å². The van der Waals surface area contributed by atoms with Crippen LogP contribution in [0.4, 0.5) is 5.69 Å². The van der Waals surface area contributed by atoms with Crippen molar-refractivity contribution in [2.45, 2.75) is 0 Å². The minimum Gasteiger partial charge on any atom is -0.478 e. The van der Waals surface area contributed by atoms with Gasteiger partial charge < -0.3 is 9.52 Å². The van der Waals surface area contributed by atoms with Gasteiger partial charge in [0.05, 0.1) is 16.3 Å². The van der Waals surface area contributed by atoms with Crippen LogP contribution in [0.25, 0.3) is 17.4 Å². The molecule has 0 spiro atoms. The van der Waals surface area contributed by atoms with Crippen LogP contribution in [-0.2, 0) is 9.59 Å². The van der Waals surface area contributed by atoms with E-state index in [4.69, 9.17) is 33.3 Å². The molecule has 0 atom stereocenters. The molecular formula is C22H13ClN2O5S. The van der Waals surface area contributed by atoms with Crippen molar-refractivity contribution in [1.82, 2.24) is 5.32 Å². The van der Waals surface area contributed by atoms with Crippen LogP contribution in [0.2, 0.25) is 5.02 Å². The van der Waals surface area contributed by atoms with Crippen molar-refractivity contribution < 1.29 is 23.9 Å². The zero-order valence-electron chi connectivity index (χ0n) is 15.7. The Bertz CT molecular complexity index is 1270. The smallest absolute Gasteiger partial charge is 0.337 e. The lowest BCUT2D eigenvalue weighted by molar-refractivity contribution is -0.122. The molecule has 0 radical (unpaired) electrons. The summed E-state index contributed by atoms with van der Waals surface area (Å²) in [7, 11) is 0. The first-order valence-corrected chi connectivity index (χ1v) is 9.73. The molecule has 2 aromatic carbocycles. The van der Waals surface area contributed by atoms with Crippen molar-refractivity contribution in [2.75, 3.05) is 4.90 Å². The van der Waals surface area contributed by atoms with Crippen molar-refractivity contribution in [3.05, 3.63) is 82.6 Å². The molecule has 2 N–H and O–H groups in total. The number of aromatic carboxylic acids is 1. The fourth-order valence-corrected chi connectivity index (χ4v) is 3.58. The van der Waals surface area contributed by atoms with Crippen LogP contribution < -0.4 is 10.2 Å². The Morgan fingerprint density at radius 2 is 1.84 bits per heavy atom. The number of carbonyl (C=O) groups is 3. The Hall–Kier alpha value is -3.75. The first-order valence-electron chi connectivity index (χ1n) is 8.94. The number of anilines is 1. The molecule has 31 heavy (non-hydrogen) atoms. The molecule has 0 bridgehead atoms. The average Bonchev–Trinajstić information content (AvgIpc) is 3.20. The summed E-state index contributed by atoms with van der Waals surface area (Å²) in [5.74, 6) is -1.69. The first-order chi connectivity index (χ1) is 14.8. The number of hydrogen-bond acceptors (Lipinski definition) is 5. The quantitative estimate of drug-likeness (QED) is 0.351. The highest BCUT2D eigenvalue weighted by Gasteiger charge is 2.34. The van der Waals surface area contributed by atoms with Gasteiger partial charge in [0.2, 0.25) is 0 Å². The summed E-state index contributed by atoms with van der Waals surface area (Å²) < 4.78 is 5.73. The summed E-state index contributed by atoms with van der Waals surface area (Å²) in [6.45, 7) is 0. The van der Waals surface area contributed by atoms with Gasteiger partial charge in [-0.05, 0) is 54.7 Å². The molecule has 1 aliphatic rings. The zero-order valence-corrected chi connectivity index (χ0v) is 17.2. The van der Waals surface area contributed by atoms with E-state index >= 15 is 0 Å². The molecule has 154 valence electrons. The molecular weight excluding hydrogens is 440 g/mol. The largest absolute Gasteiger partial charge is 0.478 e. The Balaban J connectivity index is 1.66. The van der Waals surface area contributed by atoms with Crippen LogP contribution in [-0.4, -0.2) is 28.0 Å². The van der Waals surface area contributed by atoms with E-state index in [1.807, 2.05) is 0 Å². The van der Waals surface area contributed by atoms with E-state index in [1.54, 1.807) is 48.5 Å². The number of hydrogen-bond donors (Lipinski definition) is 2. The maximum absolute atomic E-state index is 13.0. The number of carboxylic acids is 1. The topological polar surface area (TPSA) is 99.9 Å². The highest BCUT2D eigenvalue weighted by Crippen LogP contribution is 2.29. The van der Waals surface area contributed by atoms with Gasteiger partial charge in [0, 0.05) is 5.56 Å². The number of furan rings is 1. The lowest BCUT2D eigenvalue weighted by Gasteiger charge is -2.28. The highest BCUT2D eigenvalue weighted by molar-refractivity contribution is 7.80. The van der Waals surface area contributed by atoms with Crippen LogP contribution in [0.3, 0.4) is 0 Å². The third-order valence-corrected chi connectivity index (χ3v) is 5.11. The number of rotatable bonds is 4. The lowest BCUT2D eigenvalue weighted by atomic mass is 10.1. The minimum absolute atomic E-state index is 0.00774. The molecule has 0 unspecified atom stereocenters. The Labute approximate surface area is 186 Å². The van der Waals surface area contributed by atoms with Crippen LogP contribution in [0.1, 0.15) is 16.1 Å². The molecule has 1 saturated heterocycles. The first kappa shape index (κ1) is 20.5. The third-order valence-electron chi connectivity index (χ3n) is 4.51. The van der Waals surface area contributed by atoms with Crippen LogP contribution in [0, 0.1) is 0 Å². The molecule has 9 heteroatoms. The maximum atomic E-state index is 13.0. The number of amides is 2. The van der Waals surface area contributed by atoms with Gasteiger partial charge in [0.25, 0.3) is 11.8 Å². The molecule has 0 saturated carbocycles. The number of thiocarbonyl (C=S) groups is 1. The normalized spacial score (nSPS) is 15.3. The van der Waals surface area contributed by atoms with E-state index in [2.05, 4.69) is 5.32 Å². The van der Waals surface area contributed by atoms with Gasteiger partial charge in [0.15, 0.2) is 5.11 Å². The van der Waals surface area contributed by atoms with Crippen molar-refractivity contribution in [1.29, 1.82) is 0 Å². The fraction of sp³-hybridized carbons (Fsp3) is 0. The van der Waals surface area contributed by atoms with Gasteiger partial charge in [-0.2, -0.15) is 0 Å². The second-order valence-electron chi connectivity index (χ2n) is 6.50. The molecule has 1 fully saturated rings. The van der Waals surface area contributed by atoms with Crippen LogP contribution in [0.15, 0.2) is 70.7 Å². The summed E-state index contributed by atoms with van der Waals surface area (Å²) in [5.41, 5.74) is 0.904. The Morgan fingerprint density at radius 1 is 1.10 bits per heavy atom. The van der Waals surface area contributed by atoms with Crippen LogP contribution in [0.5, 0.6) is 0 Å². The Kier molecular flexibility index (Phi) is 5.41. The molecule has 0 aliphatic carbocycles. The molecule has 1 aliphatic heterocycles. The summed E-state index contributed by atoms with van der Waals surface area (Å²) in [6, 6.07) is 16.3. The van der Waals surface area contributed by atoms with Gasteiger partial charge >= 0.3 is 5.97 Å². The lowest BCUT2D eigenvalue weighted by Crippen LogP contribution is -2.54. The molecule has 3 aromatic rings. The molecule has 2 heterocycles. The van der Waals surface area contributed by atoms with E-state index in [-0.39, 0.29) is 27.0 Å². The summed E-state index contributed by atoms with van der Waals surface area (Å²) in [4.78, 5) is 37.7. The predicted octanol–water partition coefficient (Wildman–Crippen LogP) is 4.13. The zero-order chi connectivity index (χ0) is 22.1. The fourth-order valence-electron chi connectivity index (χ4n) is 3.04. The van der Waals surface area contributed by atoms with Gasteiger partial charge in [-0.25, -0.2) is 4.79 Å². The van der Waals surface area contributed by atoms with E-state index < -0.39 is 17.8 Å². The molecule has 7 nitrogen and oxygen atoms in total. The molecule has 2 amide bonds. The van der Waals surface area contributed by atoms with Crippen molar-refractivity contribution in [3.8, 4) is 11.3 Å². The van der Waals surface area contributed by atoms with Crippen molar-refractivity contribution in [3.63, 3.8) is 0 Å². The second-order valence-corrected chi connectivity index (χ2v) is 7.29. The SMILES string of the molecule is O=C1NC(=S)N(c2ccccc2)C(=O)/C1=C/c1ccc(-c2ccc(C(=O)O)c(Cl)c2)o1. The van der Waals surface area contributed by atoms with Gasteiger partial charge in [-0.1, -0.05) is 35.9 Å². The highest BCUT2D eigenvalue weighted by atomic mass is 35.5. The van der Waals surface area contributed by atoms with Gasteiger partial charge in [0.1, 0.15) is 17.1 Å². The van der Waals surface area contributed by atoms with Gasteiger partial charge in [-0.3, -0.25) is 19.8 Å².